The second-order valence-electron chi connectivity index (χ2n) is 3.33. The van der Waals surface area contributed by atoms with Gasteiger partial charge in [-0.1, -0.05) is 0 Å². The average molecular weight is 206 g/mol. The molecule has 1 amide bonds. The zero-order valence-corrected chi connectivity index (χ0v) is 8.97. The van der Waals surface area contributed by atoms with E-state index in [0.29, 0.717) is 13.0 Å². The minimum Gasteiger partial charge on any atom is -0.343 e. The van der Waals surface area contributed by atoms with E-state index in [2.05, 4.69) is 4.98 Å². The number of carbonyl (C=O) groups is 1. The smallest absolute Gasteiger partial charge is 0.242 e. The summed E-state index contributed by atoms with van der Waals surface area (Å²) in [4.78, 5) is 17.2. The van der Waals surface area contributed by atoms with Gasteiger partial charge in [0.2, 0.25) is 5.91 Å². The second-order valence-corrected chi connectivity index (χ2v) is 3.33. The van der Waals surface area contributed by atoms with Gasteiger partial charge in [-0.2, -0.15) is 5.26 Å². The van der Waals surface area contributed by atoms with Gasteiger partial charge in [0.1, 0.15) is 12.4 Å². The number of hydrogen-bond donors (Lipinski definition) is 0. The van der Waals surface area contributed by atoms with Gasteiger partial charge in [-0.3, -0.25) is 4.79 Å². The molecular weight excluding hydrogens is 192 g/mol. The van der Waals surface area contributed by atoms with Crippen LogP contribution in [0.1, 0.15) is 12.2 Å². The summed E-state index contributed by atoms with van der Waals surface area (Å²) in [6.45, 7) is 2.61. The van der Waals surface area contributed by atoms with Crippen molar-refractivity contribution >= 4 is 5.91 Å². The van der Waals surface area contributed by atoms with Gasteiger partial charge in [0.05, 0.1) is 12.5 Å². The predicted octanol–water partition coefficient (Wildman–Crippen LogP) is 0.564. The van der Waals surface area contributed by atoms with Crippen LogP contribution in [0.5, 0.6) is 0 Å². The summed E-state index contributed by atoms with van der Waals surface area (Å²) in [7, 11) is 1.70. The third-order valence-electron chi connectivity index (χ3n) is 2.21. The van der Waals surface area contributed by atoms with Gasteiger partial charge in [-0.25, -0.2) is 4.98 Å². The van der Waals surface area contributed by atoms with Gasteiger partial charge in [-0.05, 0) is 6.92 Å². The van der Waals surface area contributed by atoms with Crippen LogP contribution in [0.25, 0.3) is 0 Å². The van der Waals surface area contributed by atoms with Crippen molar-refractivity contribution in [2.75, 3.05) is 13.6 Å². The molecule has 0 bridgehead atoms. The largest absolute Gasteiger partial charge is 0.343 e. The van der Waals surface area contributed by atoms with Crippen molar-refractivity contribution in [2.24, 2.45) is 0 Å². The molecule has 5 heteroatoms. The molecule has 0 aliphatic carbocycles. The van der Waals surface area contributed by atoms with Crippen LogP contribution >= 0.6 is 0 Å². The predicted molar refractivity (Wildman–Crippen MR) is 54.8 cm³/mol. The fourth-order valence-corrected chi connectivity index (χ4v) is 1.18. The highest BCUT2D eigenvalue weighted by Gasteiger charge is 2.09. The third-order valence-corrected chi connectivity index (χ3v) is 2.21. The topological polar surface area (TPSA) is 61.9 Å². The van der Waals surface area contributed by atoms with E-state index in [-0.39, 0.29) is 12.5 Å². The first-order valence-corrected chi connectivity index (χ1v) is 4.74. The molecule has 0 radical (unpaired) electrons. The van der Waals surface area contributed by atoms with Crippen LogP contribution in [0.2, 0.25) is 0 Å². The number of likely N-dealkylation sites (N-methyl/N-ethyl adjacent to an activating group) is 1. The van der Waals surface area contributed by atoms with E-state index in [0.717, 1.165) is 5.82 Å². The van der Waals surface area contributed by atoms with Crippen LogP contribution in [-0.2, 0) is 11.3 Å². The molecule has 1 aromatic heterocycles. The number of aromatic nitrogens is 2. The summed E-state index contributed by atoms with van der Waals surface area (Å²) < 4.78 is 1.78. The van der Waals surface area contributed by atoms with Crippen LogP contribution < -0.4 is 0 Å². The molecule has 1 heterocycles. The lowest BCUT2D eigenvalue weighted by molar-refractivity contribution is -0.130. The molecular formula is C10H14N4O. The minimum absolute atomic E-state index is 0.00801. The molecule has 0 atom stereocenters. The summed E-state index contributed by atoms with van der Waals surface area (Å²) in [6.07, 6.45) is 3.80. The summed E-state index contributed by atoms with van der Waals surface area (Å²) in [6, 6.07) is 2.01. The first-order valence-electron chi connectivity index (χ1n) is 4.74. The standard InChI is InChI=1S/C10H14N4O/c1-9-12-5-7-14(9)8-10(15)13(2)6-3-4-11/h5,7H,3,6,8H2,1-2H3. The Morgan fingerprint density at radius 1 is 1.73 bits per heavy atom. The maximum absolute atomic E-state index is 11.6. The maximum atomic E-state index is 11.6. The van der Waals surface area contributed by atoms with E-state index in [4.69, 9.17) is 5.26 Å². The molecule has 0 saturated carbocycles. The monoisotopic (exact) mass is 206 g/mol. The highest BCUT2D eigenvalue weighted by atomic mass is 16.2. The van der Waals surface area contributed by atoms with Crippen molar-refractivity contribution in [1.29, 1.82) is 5.26 Å². The number of hydrogen-bond acceptors (Lipinski definition) is 3. The van der Waals surface area contributed by atoms with Crippen LogP contribution in [0, 0.1) is 18.3 Å². The Bertz CT molecular complexity index is 377. The van der Waals surface area contributed by atoms with Gasteiger partial charge in [0.15, 0.2) is 0 Å². The van der Waals surface area contributed by atoms with Crippen molar-refractivity contribution < 1.29 is 4.79 Å². The number of imidazole rings is 1. The van der Waals surface area contributed by atoms with Crippen LogP contribution in [0.3, 0.4) is 0 Å². The fourth-order valence-electron chi connectivity index (χ4n) is 1.18. The maximum Gasteiger partial charge on any atom is 0.242 e. The van der Waals surface area contributed by atoms with Crippen molar-refractivity contribution in [3.05, 3.63) is 18.2 Å². The Morgan fingerprint density at radius 3 is 3.00 bits per heavy atom. The SMILES string of the molecule is Cc1nccn1CC(=O)N(C)CCC#N. The van der Waals surface area contributed by atoms with Gasteiger partial charge >= 0.3 is 0 Å². The molecule has 80 valence electrons. The molecule has 15 heavy (non-hydrogen) atoms. The van der Waals surface area contributed by atoms with Crippen LogP contribution in [-0.4, -0.2) is 34.0 Å². The fraction of sp³-hybridized carbons (Fsp3) is 0.500. The van der Waals surface area contributed by atoms with Gasteiger partial charge in [-0.15, -0.1) is 0 Å². The van der Waals surface area contributed by atoms with Crippen molar-refractivity contribution in [2.45, 2.75) is 19.9 Å². The first kappa shape index (κ1) is 11.2. The number of nitrogens with zero attached hydrogens (tertiary/aromatic N) is 4. The molecule has 0 N–H and O–H groups in total. The Balaban J connectivity index is 2.49. The van der Waals surface area contributed by atoms with Crippen LogP contribution in [0.15, 0.2) is 12.4 Å². The lowest BCUT2D eigenvalue weighted by Gasteiger charge is -2.16. The van der Waals surface area contributed by atoms with Gasteiger partial charge < -0.3 is 9.47 Å². The van der Waals surface area contributed by atoms with Crippen LogP contribution in [0.4, 0.5) is 0 Å². The number of nitriles is 1. The Hall–Kier alpha value is -1.83. The Kier molecular flexibility index (Phi) is 3.86. The normalized spacial score (nSPS) is 9.67. The molecule has 0 unspecified atom stereocenters. The van der Waals surface area contributed by atoms with Crippen molar-refractivity contribution in [3.8, 4) is 6.07 Å². The van der Waals surface area contributed by atoms with E-state index >= 15 is 0 Å². The third kappa shape index (κ3) is 3.09. The summed E-state index contributed by atoms with van der Waals surface area (Å²) in [5.74, 6) is 0.809. The average Bonchev–Trinajstić information content (AvgIpc) is 2.61. The molecule has 0 saturated heterocycles. The number of carbonyl (C=O) groups excluding carboxylic acids is 1. The zero-order chi connectivity index (χ0) is 11.3. The number of rotatable bonds is 4. The van der Waals surface area contributed by atoms with E-state index < -0.39 is 0 Å². The number of amides is 1. The Labute approximate surface area is 88.9 Å². The first-order chi connectivity index (χ1) is 7.15. The summed E-state index contributed by atoms with van der Waals surface area (Å²) in [5.41, 5.74) is 0. The molecule has 5 nitrogen and oxygen atoms in total. The van der Waals surface area contributed by atoms with Crippen molar-refractivity contribution in [3.63, 3.8) is 0 Å². The van der Waals surface area contributed by atoms with E-state index in [1.165, 1.54) is 0 Å². The summed E-state index contributed by atoms with van der Waals surface area (Å²) >= 11 is 0. The van der Waals surface area contributed by atoms with E-state index in [9.17, 15) is 4.79 Å². The number of aryl methyl sites for hydroxylation is 1. The molecule has 0 fully saturated rings. The van der Waals surface area contributed by atoms with E-state index in [1.54, 1.807) is 28.9 Å². The van der Waals surface area contributed by atoms with E-state index in [1.807, 2.05) is 13.0 Å². The van der Waals surface area contributed by atoms with Gasteiger partial charge in [0, 0.05) is 26.0 Å². The molecule has 1 rings (SSSR count). The lowest BCUT2D eigenvalue weighted by Crippen LogP contribution is -2.31. The zero-order valence-electron chi connectivity index (χ0n) is 8.97. The lowest BCUT2D eigenvalue weighted by atomic mass is 10.4. The quantitative estimate of drug-likeness (QED) is 0.723. The molecule has 0 aromatic carbocycles. The highest BCUT2D eigenvalue weighted by Crippen LogP contribution is 1.97. The molecule has 0 aliphatic rings. The highest BCUT2D eigenvalue weighted by molar-refractivity contribution is 5.75. The van der Waals surface area contributed by atoms with Gasteiger partial charge in [0.25, 0.3) is 0 Å². The Morgan fingerprint density at radius 2 is 2.47 bits per heavy atom. The second kappa shape index (κ2) is 5.15. The minimum atomic E-state index is -0.00801. The van der Waals surface area contributed by atoms with Crippen molar-refractivity contribution in [1.82, 2.24) is 14.5 Å². The molecule has 0 spiro atoms. The molecule has 1 aromatic rings. The molecule has 0 aliphatic heterocycles. The summed E-state index contributed by atoms with van der Waals surface area (Å²) in [5, 5.41) is 8.39.